The van der Waals surface area contributed by atoms with Crippen LogP contribution in [0.1, 0.15) is 110 Å². The zero-order valence-electron chi connectivity index (χ0n) is 18.8. The second-order valence-corrected chi connectivity index (χ2v) is 10.2. The van der Waals surface area contributed by atoms with Gasteiger partial charge in [0.25, 0.3) is 0 Å². The molecule has 0 fully saturated rings. The van der Waals surface area contributed by atoms with Crippen molar-refractivity contribution in [2.75, 3.05) is 12.8 Å². The Hall–Kier alpha value is -0.790. The SMILES string of the molecule is CCCCCCCCCCCOP(=O)(CCCC)Oc1ccccc1C(C)C. The summed E-state index contributed by atoms with van der Waals surface area (Å²) in [7, 11) is -3.10. The van der Waals surface area contributed by atoms with Gasteiger partial charge in [-0.05, 0) is 30.4 Å². The Morgan fingerprint density at radius 3 is 2.00 bits per heavy atom. The van der Waals surface area contributed by atoms with E-state index in [0.29, 0.717) is 24.4 Å². The highest BCUT2D eigenvalue weighted by Gasteiger charge is 2.26. The molecule has 28 heavy (non-hydrogen) atoms. The molecular weight excluding hydrogens is 367 g/mol. The summed E-state index contributed by atoms with van der Waals surface area (Å²) in [6.45, 7) is 9.14. The van der Waals surface area contributed by atoms with Crippen molar-refractivity contribution in [2.24, 2.45) is 0 Å². The molecule has 1 atom stereocenters. The second-order valence-electron chi connectivity index (χ2n) is 8.13. The molecule has 162 valence electrons. The molecule has 0 aromatic heterocycles. The number of benzene rings is 1. The van der Waals surface area contributed by atoms with Crippen LogP contribution < -0.4 is 4.52 Å². The van der Waals surface area contributed by atoms with Gasteiger partial charge in [-0.25, -0.2) is 4.57 Å². The summed E-state index contributed by atoms with van der Waals surface area (Å²) in [5, 5.41) is 0. The Morgan fingerprint density at radius 1 is 0.821 bits per heavy atom. The van der Waals surface area contributed by atoms with Crippen LogP contribution in [0.2, 0.25) is 0 Å². The van der Waals surface area contributed by atoms with Crippen molar-refractivity contribution >= 4 is 7.60 Å². The molecule has 0 radical (unpaired) electrons. The molecule has 1 unspecified atom stereocenters. The normalized spacial score (nSPS) is 13.6. The average molecular weight is 411 g/mol. The third-order valence-corrected chi connectivity index (χ3v) is 7.01. The summed E-state index contributed by atoms with van der Waals surface area (Å²) in [5.74, 6) is 1.04. The van der Waals surface area contributed by atoms with Crippen LogP contribution in [0, 0.1) is 0 Å². The predicted molar refractivity (Wildman–Crippen MR) is 122 cm³/mol. The third kappa shape index (κ3) is 10.7. The summed E-state index contributed by atoms with van der Waals surface area (Å²) in [6.07, 6.45) is 13.7. The monoisotopic (exact) mass is 410 g/mol. The van der Waals surface area contributed by atoms with E-state index in [9.17, 15) is 4.57 Å². The van der Waals surface area contributed by atoms with Crippen LogP contribution in [0.5, 0.6) is 5.75 Å². The maximum absolute atomic E-state index is 13.3. The van der Waals surface area contributed by atoms with Gasteiger partial charge in [0.15, 0.2) is 0 Å². The molecule has 0 aliphatic heterocycles. The van der Waals surface area contributed by atoms with E-state index < -0.39 is 7.60 Å². The first-order valence-electron chi connectivity index (χ1n) is 11.5. The molecule has 0 bridgehead atoms. The van der Waals surface area contributed by atoms with Gasteiger partial charge in [0, 0.05) is 0 Å². The van der Waals surface area contributed by atoms with E-state index in [4.69, 9.17) is 9.05 Å². The topological polar surface area (TPSA) is 35.5 Å². The maximum Gasteiger partial charge on any atom is 0.379 e. The molecule has 0 aliphatic carbocycles. The fraction of sp³-hybridized carbons (Fsp3) is 0.750. The maximum atomic E-state index is 13.3. The Labute approximate surface area is 174 Å². The van der Waals surface area contributed by atoms with Gasteiger partial charge in [-0.15, -0.1) is 0 Å². The lowest BCUT2D eigenvalue weighted by Crippen LogP contribution is -2.06. The molecule has 0 N–H and O–H groups in total. The molecule has 1 aromatic carbocycles. The first-order chi connectivity index (χ1) is 13.5. The molecule has 0 spiro atoms. The molecule has 3 nitrogen and oxygen atoms in total. The van der Waals surface area contributed by atoms with Gasteiger partial charge in [0.05, 0.1) is 12.8 Å². The number of rotatable bonds is 17. The summed E-state index contributed by atoms with van der Waals surface area (Å²) in [6, 6.07) is 7.90. The van der Waals surface area contributed by atoms with Gasteiger partial charge in [-0.2, -0.15) is 0 Å². The molecule has 0 amide bonds. The van der Waals surface area contributed by atoms with Crippen molar-refractivity contribution in [3.8, 4) is 5.75 Å². The highest BCUT2D eigenvalue weighted by atomic mass is 31.2. The quantitative estimate of drug-likeness (QED) is 0.190. The van der Waals surface area contributed by atoms with E-state index >= 15 is 0 Å². The zero-order chi connectivity index (χ0) is 20.7. The Morgan fingerprint density at radius 2 is 1.39 bits per heavy atom. The number of unbranched alkanes of at least 4 members (excludes halogenated alkanes) is 9. The fourth-order valence-corrected chi connectivity index (χ4v) is 5.14. The van der Waals surface area contributed by atoms with Crippen molar-refractivity contribution in [2.45, 2.75) is 104 Å². The van der Waals surface area contributed by atoms with E-state index in [-0.39, 0.29) is 0 Å². The van der Waals surface area contributed by atoms with Gasteiger partial charge in [-0.1, -0.05) is 104 Å². The smallest absolute Gasteiger partial charge is 0.379 e. The lowest BCUT2D eigenvalue weighted by molar-refractivity contribution is 0.256. The Bertz CT molecular complexity index is 557. The molecule has 1 aromatic rings. The largest absolute Gasteiger partial charge is 0.424 e. The van der Waals surface area contributed by atoms with Crippen LogP contribution in [-0.2, 0) is 9.09 Å². The minimum absolute atomic E-state index is 0.327. The van der Waals surface area contributed by atoms with E-state index in [2.05, 4.69) is 27.7 Å². The Balaban J connectivity index is 2.42. The zero-order valence-corrected chi connectivity index (χ0v) is 19.6. The van der Waals surface area contributed by atoms with Gasteiger partial charge >= 0.3 is 7.60 Å². The van der Waals surface area contributed by atoms with Crippen LogP contribution >= 0.6 is 7.60 Å². The van der Waals surface area contributed by atoms with Crippen LogP contribution in [0.3, 0.4) is 0 Å². The van der Waals surface area contributed by atoms with E-state index in [1.54, 1.807) is 0 Å². The van der Waals surface area contributed by atoms with Crippen LogP contribution in [-0.4, -0.2) is 12.8 Å². The summed E-state index contributed by atoms with van der Waals surface area (Å²) >= 11 is 0. The van der Waals surface area contributed by atoms with Crippen LogP contribution in [0.25, 0.3) is 0 Å². The van der Waals surface area contributed by atoms with Crippen molar-refractivity contribution in [3.63, 3.8) is 0 Å². The van der Waals surface area contributed by atoms with Crippen molar-refractivity contribution in [1.29, 1.82) is 0 Å². The van der Waals surface area contributed by atoms with Gasteiger partial charge in [0.2, 0.25) is 0 Å². The van der Waals surface area contributed by atoms with E-state index in [1.165, 1.54) is 44.9 Å². The minimum atomic E-state index is -3.10. The number of hydrogen-bond acceptors (Lipinski definition) is 3. The molecule has 0 heterocycles. The van der Waals surface area contributed by atoms with Gasteiger partial charge in [-0.3, -0.25) is 4.52 Å². The highest BCUT2D eigenvalue weighted by molar-refractivity contribution is 7.54. The lowest BCUT2D eigenvalue weighted by atomic mass is 10.0. The number of hydrogen-bond donors (Lipinski definition) is 0. The van der Waals surface area contributed by atoms with Crippen LogP contribution in [0.4, 0.5) is 0 Å². The van der Waals surface area contributed by atoms with Crippen molar-refractivity contribution in [1.82, 2.24) is 0 Å². The van der Waals surface area contributed by atoms with Crippen molar-refractivity contribution < 1.29 is 13.6 Å². The van der Waals surface area contributed by atoms with Crippen molar-refractivity contribution in [3.05, 3.63) is 29.8 Å². The van der Waals surface area contributed by atoms with E-state index in [0.717, 1.165) is 31.2 Å². The molecule has 0 saturated heterocycles. The molecule has 4 heteroatoms. The fourth-order valence-electron chi connectivity index (χ4n) is 3.30. The highest BCUT2D eigenvalue weighted by Crippen LogP contribution is 2.50. The Kier molecular flexibility index (Phi) is 13.6. The first kappa shape index (κ1) is 25.2. The average Bonchev–Trinajstić information content (AvgIpc) is 2.68. The minimum Gasteiger partial charge on any atom is -0.424 e. The molecule has 1 rings (SSSR count). The second kappa shape index (κ2) is 15.1. The summed E-state index contributed by atoms with van der Waals surface area (Å²) < 4.78 is 25.2. The molecule has 0 aliphatic rings. The van der Waals surface area contributed by atoms with Crippen LogP contribution in [0.15, 0.2) is 24.3 Å². The lowest BCUT2D eigenvalue weighted by Gasteiger charge is -2.22. The van der Waals surface area contributed by atoms with Gasteiger partial charge in [0.1, 0.15) is 5.75 Å². The number of para-hydroxylation sites is 1. The standard InChI is InChI=1S/C24H43O3P/c1-5-7-9-10-11-12-13-14-17-20-26-28(25,21-8-6-2)27-24-19-16-15-18-23(24)22(3)4/h15-16,18-19,22H,5-14,17,20-21H2,1-4H3. The predicted octanol–water partition coefficient (Wildman–Crippen LogP) is 8.73. The molecular formula is C24H43O3P. The first-order valence-corrected chi connectivity index (χ1v) is 13.3. The third-order valence-electron chi connectivity index (χ3n) is 5.10. The summed E-state index contributed by atoms with van der Waals surface area (Å²) in [5.41, 5.74) is 1.09. The van der Waals surface area contributed by atoms with E-state index in [1.807, 2.05) is 24.3 Å². The molecule has 0 saturated carbocycles. The summed E-state index contributed by atoms with van der Waals surface area (Å²) in [4.78, 5) is 0. The van der Waals surface area contributed by atoms with Gasteiger partial charge < -0.3 is 4.52 Å².